The van der Waals surface area contributed by atoms with Crippen molar-refractivity contribution >= 4 is 46.4 Å². The highest BCUT2D eigenvalue weighted by atomic mass is 35.5. The number of benzene rings is 2. The highest BCUT2D eigenvalue weighted by Gasteiger charge is 2.34. The highest BCUT2D eigenvalue weighted by molar-refractivity contribution is 8.18. The van der Waals surface area contributed by atoms with Crippen LogP contribution < -0.4 is 9.47 Å². The number of aliphatic imine (C=N–C) groups is 1. The molecule has 0 bridgehead atoms. The molecule has 0 aromatic heterocycles. The van der Waals surface area contributed by atoms with Crippen LogP contribution in [0, 0.1) is 6.92 Å². The van der Waals surface area contributed by atoms with Gasteiger partial charge in [0.2, 0.25) is 0 Å². The molecule has 0 fully saturated rings. The van der Waals surface area contributed by atoms with Crippen molar-refractivity contribution in [3.8, 4) is 11.5 Å². The Morgan fingerprint density at radius 1 is 1.12 bits per heavy atom. The first kappa shape index (κ1) is 24.4. The average molecular weight is 488 g/mol. The van der Waals surface area contributed by atoms with Crippen molar-refractivity contribution in [2.24, 2.45) is 4.99 Å². The van der Waals surface area contributed by atoms with E-state index in [0.717, 1.165) is 17.3 Å². The number of ether oxygens (including phenoxy) is 3. The van der Waals surface area contributed by atoms with Gasteiger partial charge in [0.05, 0.1) is 30.8 Å². The molecule has 0 aliphatic carbocycles. The number of halogens is 1. The van der Waals surface area contributed by atoms with E-state index in [9.17, 15) is 14.7 Å². The van der Waals surface area contributed by atoms with Gasteiger partial charge in [-0.15, -0.1) is 0 Å². The SMILES string of the molecule is CCOC(=O)C1=C(O)/C(=C/c2cc(OC)c(OC)cc2Cl)SC1=NC(=O)c1ccc(C)cc1. The van der Waals surface area contributed by atoms with E-state index in [1.165, 1.54) is 14.2 Å². The molecule has 9 heteroatoms. The van der Waals surface area contributed by atoms with Crippen molar-refractivity contribution in [3.63, 3.8) is 0 Å². The lowest BCUT2D eigenvalue weighted by Crippen LogP contribution is -2.14. The second-order valence-corrected chi connectivity index (χ2v) is 8.31. The number of methoxy groups -OCH3 is 2. The summed E-state index contributed by atoms with van der Waals surface area (Å²) in [5, 5.41) is 11.2. The van der Waals surface area contributed by atoms with E-state index in [-0.39, 0.29) is 27.9 Å². The Bertz CT molecular complexity index is 1180. The Morgan fingerprint density at radius 2 is 1.76 bits per heavy atom. The predicted molar refractivity (Wildman–Crippen MR) is 129 cm³/mol. The van der Waals surface area contributed by atoms with Crippen LogP contribution in [0.2, 0.25) is 5.02 Å². The molecule has 3 rings (SSSR count). The molecular formula is C24H22ClNO6S. The van der Waals surface area contributed by atoms with Crippen LogP contribution in [-0.2, 0) is 9.53 Å². The minimum absolute atomic E-state index is 0.0411. The number of aliphatic hydroxyl groups excluding tert-OH is 1. The fourth-order valence-electron chi connectivity index (χ4n) is 2.97. The van der Waals surface area contributed by atoms with Crippen LogP contribution >= 0.6 is 23.4 Å². The molecule has 0 saturated heterocycles. The van der Waals surface area contributed by atoms with E-state index in [4.69, 9.17) is 25.8 Å². The molecule has 0 radical (unpaired) electrons. The Kier molecular flexibility index (Phi) is 7.84. The number of esters is 1. The number of rotatable bonds is 6. The van der Waals surface area contributed by atoms with Crippen LogP contribution in [0.4, 0.5) is 0 Å². The van der Waals surface area contributed by atoms with Crippen LogP contribution in [0.1, 0.15) is 28.4 Å². The van der Waals surface area contributed by atoms with Gasteiger partial charge in [-0.3, -0.25) is 4.79 Å². The van der Waals surface area contributed by atoms with E-state index in [0.29, 0.717) is 27.6 Å². The third-order valence-electron chi connectivity index (χ3n) is 4.66. The molecule has 1 amide bonds. The Labute approximate surface area is 200 Å². The van der Waals surface area contributed by atoms with Gasteiger partial charge in [0.25, 0.3) is 5.91 Å². The van der Waals surface area contributed by atoms with Crippen LogP contribution in [0.15, 0.2) is 57.6 Å². The van der Waals surface area contributed by atoms with Gasteiger partial charge in [0.1, 0.15) is 16.4 Å². The molecule has 172 valence electrons. The summed E-state index contributed by atoms with van der Waals surface area (Å²) in [5.41, 5.74) is 1.69. The van der Waals surface area contributed by atoms with Crippen molar-refractivity contribution in [1.29, 1.82) is 0 Å². The standard InChI is InChI=1S/C24H22ClNO6S/c1-5-32-24(29)20-21(27)19(11-15-10-17(30-3)18(31-4)12-16(15)25)33-23(20)26-22(28)14-8-6-13(2)7-9-14/h6-12,27H,5H2,1-4H3/b19-11-,26-23?. The number of amides is 1. The zero-order valence-electron chi connectivity index (χ0n) is 18.5. The zero-order valence-corrected chi connectivity index (χ0v) is 20.0. The van der Waals surface area contributed by atoms with Crippen LogP contribution in [0.5, 0.6) is 11.5 Å². The minimum atomic E-state index is -0.778. The summed E-state index contributed by atoms with van der Waals surface area (Å²) in [5.74, 6) is -0.784. The van der Waals surface area contributed by atoms with Crippen molar-refractivity contribution < 1.29 is 28.9 Å². The lowest BCUT2D eigenvalue weighted by atomic mass is 10.1. The quantitative estimate of drug-likeness (QED) is 0.547. The lowest BCUT2D eigenvalue weighted by Gasteiger charge is -2.10. The molecule has 1 heterocycles. The van der Waals surface area contributed by atoms with Gasteiger partial charge in [-0.05, 0) is 43.7 Å². The molecule has 1 N–H and O–H groups in total. The molecule has 2 aromatic rings. The van der Waals surface area contributed by atoms with Crippen molar-refractivity contribution in [2.45, 2.75) is 13.8 Å². The molecule has 0 atom stereocenters. The second kappa shape index (κ2) is 10.6. The van der Waals surface area contributed by atoms with Crippen LogP contribution in [-0.4, -0.2) is 42.9 Å². The lowest BCUT2D eigenvalue weighted by molar-refractivity contribution is -0.138. The fourth-order valence-corrected chi connectivity index (χ4v) is 4.18. The summed E-state index contributed by atoms with van der Waals surface area (Å²) in [4.78, 5) is 29.6. The molecule has 1 aliphatic heterocycles. The molecule has 7 nitrogen and oxygen atoms in total. The van der Waals surface area contributed by atoms with Gasteiger partial charge >= 0.3 is 5.97 Å². The summed E-state index contributed by atoms with van der Waals surface area (Å²) in [6.07, 6.45) is 1.57. The third kappa shape index (κ3) is 5.40. The van der Waals surface area contributed by atoms with Crippen LogP contribution in [0.25, 0.3) is 6.08 Å². The molecule has 2 aromatic carbocycles. The third-order valence-corrected chi connectivity index (χ3v) is 6.01. The van der Waals surface area contributed by atoms with Gasteiger partial charge in [0.15, 0.2) is 11.5 Å². The first-order valence-electron chi connectivity index (χ1n) is 9.90. The summed E-state index contributed by atoms with van der Waals surface area (Å²) in [6.45, 7) is 3.65. The number of carbonyl (C=O) groups is 2. The summed E-state index contributed by atoms with van der Waals surface area (Å²) < 4.78 is 15.6. The number of aliphatic hydroxyl groups is 1. The molecule has 33 heavy (non-hydrogen) atoms. The van der Waals surface area contributed by atoms with Gasteiger partial charge < -0.3 is 19.3 Å². The molecular weight excluding hydrogens is 466 g/mol. The number of thioether (sulfide) groups is 1. The van der Waals surface area contributed by atoms with Gasteiger partial charge in [0, 0.05) is 11.6 Å². The number of carbonyl (C=O) groups excluding carboxylic acids is 2. The second-order valence-electron chi connectivity index (χ2n) is 6.87. The number of aryl methyl sites for hydroxylation is 1. The maximum absolute atomic E-state index is 12.7. The van der Waals surface area contributed by atoms with E-state index >= 15 is 0 Å². The highest BCUT2D eigenvalue weighted by Crippen LogP contribution is 2.41. The van der Waals surface area contributed by atoms with E-state index in [1.54, 1.807) is 49.4 Å². The zero-order chi connectivity index (χ0) is 24.1. The Hall–Kier alpha value is -3.23. The van der Waals surface area contributed by atoms with Crippen LogP contribution in [0.3, 0.4) is 0 Å². The monoisotopic (exact) mass is 487 g/mol. The first-order valence-corrected chi connectivity index (χ1v) is 11.1. The maximum Gasteiger partial charge on any atom is 0.344 e. The topological polar surface area (TPSA) is 94.4 Å². The van der Waals surface area contributed by atoms with Crippen molar-refractivity contribution in [3.05, 3.63) is 74.3 Å². The molecule has 0 unspecified atom stereocenters. The summed E-state index contributed by atoms with van der Waals surface area (Å²) in [6, 6.07) is 10.1. The summed E-state index contributed by atoms with van der Waals surface area (Å²) >= 11 is 7.33. The Morgan fingerprint density at radius 3 is 2.36 bits per heavy atom. The van der Waals surface area contributed by atoms with E-state index < -0.39 is 11.9 Å². The van der Waals surface area contributed by atoms with Gasteiger partial charge in [-0.2, -0.15) is 0 Å². The first-order chi connectivity index (χ1) is 15.8. The average Bonchev–Trinajstić information content (AvgIpc) is 3.09. The Balaban J connectivity index is 2.05. The smallest absolute Gasteiger partial charge is 0.344 e. The van der Waals surface area contributed by atoms with Gasteiger partial charge in [-0.1, -0.05) is 41.1 Å². The summed E-state index contributed by atoms with van der Waals surface area (Å²) in [7, 11) is 2.98. The number of hydrogen-bond donors (Lipinski definition) is 1. The fraction of sp³-hybridized carbons (Fsp3) is 0.208. The predicted octanol–water partition coefficient (Wildman–Crippen LogP) is 5.37. The minimum Gasteiger partial charge on any atom is -0.506 e. The number of hydrogen-bond acceptors (Lipinski definition) is 7. The van der Waals surface area contributed by atoms with E-state index in [2.05, 4.69) is 4.99 Å². The van der Waals surface area contributed by atoms with Crippen molar-refractivity contribution in [2.75, 3.05) is 20.8 Å². The molecule has 0 spiro atoms. The van der Waals surface area contributed by atoms with E-state index in [1.807, 2.05) is 6.92 Å². The normalized spacial score (nSPS) is 15.8. The van der Waals surface area contributed by atoms with Gasteiger partial charge in [-0.25, -0.2) is 9.79 Å². The van der Waals surface area contributed by atoms with Crippen molar-refractivity contribution in [1.82, 2.24) is 0 Å². The number of nitrogens with zero attached hydrogens (tertiary/aromatic N) is 1. The molecule has 1 aliphatic rings. The maximum atomic E-state index is 12.7. The molecule has 0 saturated carbocycles. The largest absolute Gasteiger partial charge is 0.506 e.